The highest BCUT2D eigenvalue weighted by Crippen LogP contribution is 2.17. The molecule has 64 valence electrons. The molecule has 3 nitrogen and oxygen atoms in total. The monoisotopic (exact) mass is 269 g/mol. The second-order valence-electron chi connectivity index (χ2n) is 2.78. The predicted molar refractivity (Wildman–Crippen MR) is 50.9 cm³/mol. The molecule has 1 unspecified atom stereocenters. The fourth-order valence-electron chi connectivity index (χ4n) is 1.41. The fourth-order valence-corrected chi connectivity index (χ4v) is 2.23. The molecule has 0 bridgehead atoms. The molecule has 0 aromatic heterocycles. The van der Waals surface area contributed by atoms with Crippen LogP contribution in [0.4, 0.5) is 0 Å². The van der Waals surface area contributed by atoms with Crippen LogP contribution in [0, 0.1) is 0 Å². The number of hydrogen-bond acceptors (Lipinski definition) is 2. The molecule has 0 aromatic carbocycles. The van der Waals surface area contributed by atoms with E-state index >= 15 is 0 Å². The van der Waals surface area contributed by atoms with Gasteiger partial charge < -0.3 is 5.11 Å². The first kappa shape index (κ1) is 9.25. The Morgan fingerprint density at radius 2 is 2.36 bits per heavy atom. The van der Waals surface area contributed by atoms with Gasteiger partial charge in [-0.25, -0.2) is 0 Å². The maximum Gasteiger partial charge on any atom is 0.320 e. The number of carboxylic acids is 1. The first-order valence-corrected chi connectivity index (χ1v) is 5.31. The molecule has 0 spiro atoms. The van der Waals surface area contributed by atoms with Crippen molar-refractivity contribution in [3.63, 3.8) is 0 Å². The van der Waals surface area contributed by atoms with Gasteiger partial charge in [-0.05, 0) is 19.4 Å². The van der Waals surface area contributed by atoms with Crippen molar-refractivity contribution in [3.8, 4) is 0 Å². The van der Waals surface area contributed by atoms with E-state index in [9.17, 15) is 4.79 Å². The molecule has 1 N–H and O–H groups in total. The number of hydrogen-bond donors (Lipinski definition) is 1. The maximum absolute atomic E-state index is 10.7. The summed E-state index contributed by atoms with van der Waals surface area (Å²) in [5, 5.41) is 8.79. The molecule has 1 heterocycles. The van der Waals surface area contributed by atoms with Crippen molar-refractivity contribution in [2.45, 2.75) is 25.3 Å². The van der Waals surface area contributed by atoms with Gasteiger partial charge in [0, 0.05) is 0 Å². The Hall–Kier alpha value is 0.160. The molecule has 0 saturated carbocycles. The standard InChI is InChI=1S/C7H12INO2/c8-5-9-4-2-1-3-6(9)7(10)11/h6H,1-5H2,(H,10,11). The zero-order valence-corrected chi connectivity index (χ0v) is 8.45. The Kier molecular flexibility index (Phi) is 3.58. The van der Waals surface area contributed by atoms with Crippen LogP contribution < -0.4 is 0 Å². The maximum atomic E-state index is 10.7. The number of rotatable bonds is 2. The van der Waals surface area contributed by atoms with E-state index in [1.807, 2.05) is 4.90 Å². The van der Waals surface area contributed by atoms with Crippen LogP contribution in [-0.4, -0.2) is 33.1 Å². The molecule has 1 aliphatic rings. The van der Waals surface area contributed by atoms with Crippen molar-refractivity contribution in [2.24, 2.45) is 0 Å². The van der Waals surface area contributed by atoms with Gasteiger partial charge in [0.15, 0.2) is 0 Å². The SMILES string of the molecule is O=C(O)C1CCCCN1CI. The van der Waals surface area contributed by atoms with Gasteiger partial charge in [0.2, 0.25) is 0 Å². The van der Waals surface area contributed by atoms with Crippen molar-refractivity contribution in [2.75, 3.05) is 11.1 Å². The summed E-state index contributed by atoms with van der Waals surface area (Å²) >= 11 is 2.22. The molecule has 0 radical (unpaired) electrons. The minimum absolute atomic E-state index is 0.222. The van der Waals surface area contributed by atoms with Crippen LogP contribution in [0.25, 0.3) is 0 Å². The molecule has 1 aliphatic heterocycles. The van der Waals surface area contributed by atoms with Crippen molar-refractivity contribution < 1.29 is 9.90 Å². The van der Waals surface area contributed by atoms with Crippen molar-refractivity contribution in [3.05, 3.63) is 0 Å². The molecule has 0 amide bonds. The van der Waals surface area contributed by atoms with Gasteiger partial charge >= 0.3 is 5.97 Å². The number of halogens is 1. The lowest BCUT2D eigenvalue weighted by molar-refractivity contribution is -0.143. The van der Waals surface area contributed by atoms with Crippen LogP contribution in [0.15, 0.2) is 0 Å². The summed E-state index contributed by atoms with van der Waals surface area (Å²) in [6.07, 6.45) is 3.02. The summed E-state index contributed by atoms with van der Waals surface area (Å²) in [4.78, 5) is 12.7. The lowest BCUT2D eigenvalue weighted by atomic mass is 10.0. The Morgan fingerprint density at radius 3 is 2.82 bits per heavy atom. The van der Waals surface area contributed by atoms with Gasteiger partial charge in [0.25, 0.3) is 0 Å². The second kappa shape index (κ2) is 4.25. The minimum atomic E-state index is -0.665. The Bertz CT molecular complexity index is 151. The third-order valence-electron chi connectivity index (χ3n) is 2.05. The number of likely N-dealkylation sites (tertiary alicyclic amines) is 1. The summed E-state index contributed by atoms with van der Waals surface area (Å²) in [6, 6.07) is -0.222. The second-order valence-corrected chi connectivity index (χ2v) is 3.46. The fraction of sp³-hybridized carbons (Fsp3) is 0.857. The molecule has 1 rings (SSSR count). The van der Waals surface area contributed by atoms with Gasteiger partial charge in [0.05, 0.1) is 4.55 Å². The molecular weight excluding hydrogens is 257 g/mol. The molecule has 4 heteroatoms. The summed E-state index contributed by atoms with van der Waals surface area (Å²) in [5.41, 5.74) is 0. The quantitative estimate of drug-likeness (QED) is 0.467. The van der Waals surface area contributed by atoms with Gasteiger partial charge in [-0.15, -0.1) is 0 Å². The third-order valence-corrected chi connectivity index (χ3v) is 2.93. The predicted octanol–water partition coefficient (Wildman–Crippen LogP) is 1.32. The van der Waals surface area contributed by atoms with E-state index < -0.39 is 5.97 Å². The van der Waals surface area contributed by atoms with E-state index in [2.05, 4.69) is 22.6 Å². The van der Waals surface area contributed by atoms with Gasteiger partial charge in [-0.3, -0.25) is 9.69 Å². The van der Waals surface area contributed by atoms with Gasteiger partial charge in [-0.1, -0.05) is 29.0 Å². The van der Waals surface area contributed by atoms with Crippen LogP contribution in [0.1, 0.15) is 19.3 Å². The lowest BCUT2D eigenvalue weighted by Crippen LogP contribution is -2.43. The first-order chi connectivity index (χ1) is 5.25. The highest BCUT2D eigenvalue weighted by Gasteiger charge is 2.26. The van der Waals surface area contributed by atoms with E-state index in [0.29, 0.717) is 0 Å². The van der Waals surface area contributed by atoms with Crippen molar-refractivity contribution in [1.82, 2.24) is 4.90 Å². The zero-order chi connectivity index (χ0) is 8.27. The molecule has 1 atom stereocenters. The van der Waals surface area contributed by atoms with Crippen LogP contribution in [0.5, 0.6) is 0 Å². The molecule has 0 aliphatic carbocycles. The summed E-state index contributed by atoms with van der Waals surface area (Å²) in [7, 11) is 0. The van der Waals surface area contributed by atoms with E-state index in [1.54, 1.807) is 0 Å². The van der Waals surface area contributed by atoms with Crippen LogP contribution in [0.3, 0.4) is 0 Å². The summed E-state index contributed by atoms with van der Waals surface area (Å²) in [5.74, 6) is -0.665. The Labute approximate surface area is 79.9 Å². The average molecular weight is 269 g/mol. The summed E-state index contributed by atoms with van der Waals surface area (Å²) in [6.45, 7) is 0.944. The number of nitrogens with zero attached hydrogens (tertiary/aromatic N) is 1. The van der Waals surface area contributed by atoms with E-state index in [-0.39, 0.29) is 6.04 Å². The topological polar surface area (TPSA) is 40.5 Å². The van der Waals surface area contributed by atoms with E-state index in [4.69, 9.17) is 5.11 Å². The molecule has 1 saturated heterocycles. The zero-order valence-electron chi connectivity index (χ0n) is 6.29. The first-order valence-electron chi connectivity index (χ1n) is 3.78. The number of carboxylic acid groups (broad SMARTS) is 1. The Balaban J connectivity index is 2.51. The van der Waals surface area contributed by atoms with Crippen molar-refractivity contribution in [1.29, 1.82) is 0 Å². The smallest absolute Gasteiger partial charge is 0.320 e. The summed E-state index contributed by atoms with van der Waals surface area (Å²) < 4.78 is 0.828. The largest absolute Gasteiger partial charge is 0.480 e. The van der Waals surface area contributed by atoms with E-state index in [1.165, 1.54) is 0 Å². The van der Waals surface area contributed by atoms with Gasteiger partial charge in [0.1, 0.15) is 6.04 Å². The normalized spacial score (nSPS) is 26.8. The van der Waals surface area contributed by atoms with E-state index in [0.717, 1.165) is 30.4 Å². The van der Waals surface area contributed by atoms with Crippen LogP contribution >= 0.6 is 22.6 Å². The molecular formula is C7H12INO2. The average Bonchev–Trinajstić information content (AvgIpc) is 2.04. The molecule has 1 fully saturated rings. The van der Waals surface area contributed by atoms with Crippen LogP contribution in [0.2, 0.25) is 0 Å². The highest BCUT2D eigenvalue weighted by molar-refractivity contribution is 14.1. The lowest BCUT2D eigenvalue weighted by Gasteiger charge is -2.30. The van der Waals surface area contributed by atoms with Gasteiger partial charge in [-0.2, -0.15) is 0 Å². The number of carbonyl (C=O) groups is 1. The molecule has 0 aromatic rings. The molecule has 11 heavy (non-hydrogen) atoms. The highest BCUT2D eigenvalue weighted by atomic mass is 127. The number of alkyl halides is 1. The van der Waals surface area contributed by atoms with Crippen molar-refractivity contribution >= 4 is 28.6 Å². The minimum Gasteiger partial charge on any atom is -0.480 e. The number of aliphatic carboxylic acids is 1. The Morgan fingerprint density at radius 1 is 1.64 bits per heavy atom. The third kappa shape index (κ3) is 2.30. The number of piperidine rings is 1. The van der Waals surface area contributed by atoms with Crippen LogP contribution in [-0.2, 0) is 4.79 Å².